The van der Waals surface area contributed by atoms with Crippen LogP contribution in [-0.2, 0) is 6.54 Å². The van der Waals surface area contributed by atoms with Crippen molar-refractivity contribution in [3.8, 4) is 0 Å². The summed E-state index contributed by atoms with van der Waals surface area (Å²) in [6, 6.07) is 24.0. The van der Waals surface area contributed by atoms with Gasteiger partial charge in [-0.2, -0.15) is 4.99 Å². The van der Waals surface area contributed by atoms with Crippen LogP contribution < -0.4 is 27.0 Å². The molecule has 0 amide bonds. The first kappa shape index (κ1) is 28.2. The third kappa shape index (κ3) is 9.97. The van der Waals surface area contributed by atoms with Crippen LogP contribution in [0.3, 0.4) is 0 Å². The molecule has 8 nitrogen and oxygen atoms in total. The second kappa shape index (κ2) is 12.3. The molecule has 3 aromatic rings. The predicted molar refractivity (Wildman–Crippen MR) is 165 cm³/mol. The average Bonchev–Trinajstić information content (AvgIpc) is 2.82. The molecule has 200 valence electrons. The van der Waals surface area contributed by atoms with Crippen molar-refractivity contribution in [2.45, 2.75) is 59.2 Å². The minimum atomic E-state index is -0.0520. The molecule has 0 atom stereocenters. The van der Waals surface area contributed by atoms with Crippen LogP contribution >= 0.6 is 0 Å². The van der Waals surface area contributed by atoms with Gasteiger partial charge in [-0.05, 0) is 108 Å². The number of nitrogens with zero attached hydrogens (tertiary/aromatic N) is 3. The highest BCUT2D eigenvalue weighted by Crippen LogP contribution is 2.21. The van der Waals surface area contributed by atoms with Gasteiger partial charge in [-0.3, -0.25) is 0 Å². The van der Waals surface area contributed by atoms with Crippen molar-refractivity contribution in [1.29, 1.82) is 0 Å². The minimum absolute atomic E-state index is 0.0363. The van der Waals surface area contributed by atoms with Crippen molar-refractivity contribution < 1.29 is 0 Å². The first-order chi connectivity index (χ1) is 17.9. The first-order valence-electron chi connectivity index (χ1n) is 12.6. The van der Waals surface area contributed by atoms with E-state index in [-0.39, 0.29) is 23.0 Å². The summed E-state index contributed by atoms with van der Waals surface area (Å²) >= 11 is 0. The lowest BCUT2D eigenvalue weighted by atomic mass is 10.1. The zero-order valence-electron chi connectivity index (χ0n) is 23.3. The molecule has 0 fully saturated rings. The van der Waals surface area contributed by atoms with Crippen LogP contribution in [0.2, 0.25) is 0 Å². The molecule has 38 heavy (non-hydrogen) atoms. The van der Waals surface area contributed by atoms with Gasteiger partial charge >= 0.3 is 0 Å². The molecule has 0 saturated heterocycles. The van der Waals surface area contributed by atoms with Crippen LogP contribution in [0.1, 0.15) is 47.1 Å². The van der Waals surface area contributed by atoms with Gasteiger partial charge in [0.1, 0.15) is 0 Å². The topological polar surface area (TPSA) is 111 Å². The van der Waals surface area contributed by atoms with Gasteiger partial charge in [-0.15, -0.1) is 0 Å². The molecular formula is C30H40N8. The summed E-state index contributed by atoms with van der Waals surface area (Å²) in [4.78, 5) is 12.6. The third-order valence-electron chi connectivity index (χ3n) is 5.09. The van der Waals surface area contributed by atoms with E-state index in [2.05, 4.69) is 109 Å². The molecule has 0 spiro atoms. The summed E-state index contributed by atoms with van der Waals surface area (Å²) in [6.07, 6.45) is 0. The lowest BCUT2D eigenvalue weighted by Crippen LogP contribution is -2.26. The Bertz CT molecular complexity index is 1260. The van der Waals surface area contributed by atoms with Crippen LogP contribution in [0, 0.1) is 0 Å². The molecule has 0 heterocycles. The zero-order valence-corrected chi connectivity index (χ0v) is 23.3. The Kier molecular flexibility index (Phi) is 9.12. The first-order valence-corrected chi connectivity index (χ1v) is 12.6. The Morgan fingerprint density at radius 3 is 1.95 bits per heavy atom. The zero-order chi connectivity index (χ0) is 27.8. The van der Waals surface area contributed by atoms with Crippen molar-refractivity contribution in [2.75, 3.05) is 21.3 Å². The molecule has 0 aliphatic rings. The van der Waals surface area contributed by atoms with Crippen molar-refractivity contribution in [3.63, 3.8) is 0 Å². The SMILES string of the molecule is C=N/C(=N\C(N)=Nc1ccc(NCc2ccc(NC(C)(C)C)cc2)cc1)Nc1cccc(NC(C)(C)C)c1. The van der Waals surface area contributed by atoms with Gasteiger partial charge in [-0.25, -0.2) is 9.98 Å². The quantitative estimate of drug-likeness (QED) is 0.176. The number of guanidine groups is 2. The standard InChI is InChI=1S/C30H40N8/c1-29(2,3)37-24-13-11-21(12-14-24)20-33-22-15-17-23(18-16-22)34-27(31)36-28(32-7)35-25-9-8-10-26(19-25)38-30(4,5)6/h8-19,33,37-38H,7,20H2,1-6H3,(H3,31,34,35,36). The molecular weight excluding hydrogens is 472 g/mol. The van der Waals surface area contributed by atoms with Crippen LogP contribution in [0.5, 0.6) is 0 Å². The predicted octanol–water partition coefficient (Wildman–Crippen LogP) is 6.83. The number of hydrogen-bond donors (Lipinski definition) is 5. The smallest absolute Gasteiger partial charge is 0.229 e. The Hall–Kier alpha value is -4.33. The number of hydrogen-bond acceptors (Lipinski definition) is 4. The molecule has 0 saturated carbocycles. The van der Waals surface area contributed by atoms with E-state index in [1.807, 2.05) is 48.5 Å². The van der Waals surface area contributed by atoms with Gasteiger partial charge in [0.2, 0.25) is 11.9 Å². The Labute approximate surface area is 226 Å². The van der Waals surface area contributed by atoms with Crippen molar-refractivity contribution in [2.24, 2.45) is 20.7 Å². The second-order valence-electron chi connectivity index (χ2n) is 11.1. The van der Waals surface area contributed by atoms with Crippen molar-refractivity contribution in [1.82, 2.24) is 0 Å². The highest BCUT2D eigenvalue weighted by molar-refractivity contribution is 6.04. The Morgan fingerprint density at radius 2 is 1.34 bits per heavy atom. The maximum Gasteiger partial charge on any atom is 0.229 e. The van der Waals surface area contributed by atoms with Gasteiger partial charge in [0.15, 0.2) is 0 Å². The van der Waals surface area contributed by atoms with Gasteiger partial charge in [0.05, 0.1) is 5.69 Å². The summed E-state index contributed by atoms with van der Waals surface area (Å²) in [7, 11) is 0. The lowest BCUT2D eigenvalue weighted by Gasteiger charge is -2.22. The number of nitrogens with one attached hydrogen (secondary N) is 4. The highest BCUT2D eigenvalue weighted by Gasteiger charge is 2.10. The molecule has 6 N–H and O–H groups in total. The monoisotopic (exact) mass is 512 g/mol. The average molecular weight is 513 g/mol. The van der Waals surface area contributed by atoms with E-state index in [1.54, 1.807) is 0 Å². The summed E-state index contributed by atoms with van der Waals surface area (Å²) in [6.45, 7) is 17.1. The molecule has 3 aromatic carbocycles. The van der Waals surface area contributed by atoms with Crippen LogP contribution in [-0.4, -0.2) is 29.7 Å². The second-order valence-corrected chi connectivity index (χ2v) is 11.1. The van der Waals surface area contributed by atoms with Crippen LogP contribution in [0.4, 0.5) is 28.4 Å². The Morgan fingerprint density at radius 1 is 0.763 bits per heavy atom. The van der Waals surface area contributed by atoms with Gasteiger partial charge in [0.25, 0.3) is 0 Å². The molecule has 0 radical (unpaired) electrons. The van der Waals surface area contributed by atoms with Gasteiger partial charge in [-0.1, -0.05) is 18.2 Å². The number of benzene rings is 3. The van der Waals surface area contributed by atoms with E-state index in [4.69, 9.17) is 5.73 Å². The molecule has 8 heteroatoms. The third-order valence-corrected chi connectivity index (χ3v) is 5.09. The lowest BCUT2D eigenvalue weighted by molar-refractivity contribution is 0.633. The number of nitrogens with two attached hydrogens (primary N) is 1. The van der Waals surface area contributed by atoms with E-state index in [1.165, 1.54) is 5.56 Å². The van der Waals surface area contributed by atoms with Crippen LogP contribution in [0.15, 0.2) is 87.8 Å². The number of rotatable bonds is 7. The molecule has 0 aliphatic carbocycles. The molecule has 0 bridgehead atoms. The maximum atomic E-state index is 6.07. The molecule has 3 rings (SSSR count). The fourth-order valence-electron chi connectivity index (χ4n) is 3.60. The van der Waals surface area contributed by atoms with Crippen molar-refractivity contribution >= 4 is 47.1 Å². The van der Waals surface area contributed by atoms with Crippen LogP contribution in [0.25, 0.3) is 0 Å². The normalized spacial score (nSPS) is 12.6. The summed E-state index contributed by atoms with van der Waals surface area (Å²) in [5, 5.41) is 13.5. The molecule has 0 aromatic heterocycles. The largest absolute Gasteiger partial charge is 0.381 e. The fraction of sp³-hybridized carbons (Fsp3) is 0.300. The van der Waals surface area contributed by atoms with Gasteiger partial charge < -0.3 is 27.0 Å². The summed E-state index contributed by atoms with van der Waals surface area (Å²) < 4.78 is 0. The molecule has 0 aliphatic heterocycles. The fourth-order valence-corrected chi connectivity index (χ4v) is 3.60. The number of anilines is 4. The van der Waals surface area contributed by atoms with E-state index < -0.39 is 0 Å². The Balaban J connectivity index is 1.58. The minimum Gasteiger partial charge on any atom is -0.381 e. The van der Waals surface area contributed by atoms with Crippen molar-refractivity contribution in [3.05, 3.63) is 78.4 Å². The maximum absolute atomic E-state index is 6.07. The van der Waals surface area contributed by atoms with Gasteiger partial charge in [0, 0.05) is 40.4 Å². The van der Waals surface area contributed by atoms with E-state index >= 15 is 0 Å². The molecule has 0 unspecified atom stereocenters. The highest BCUT2D eigenvalue weighted by atomic mass is 15.2. The van der Waals surface area contributed by atoms with E-state index in [9.17, 15) is 0 Å². The van der Waals surface area contributed by atoms with E-state index in [0.29, 0.717) is 5.69 Å². The van der Waals surface area contributed by atoms with E-state index in [0.717, 1.165) is 29.3 Å². The summed E-state index contributed by atoms with van der Waals surface area (Å²) in [5.74, 6) is 0.342. The number of aliphatic imine (C=N–C) groups is 3. The summed E-state index contributed by atoms with van der Waals surface area (Å²) in [5.41, 5.74) is 11.8.